The molecule has 1 fully saturated rings. The fraction of sp³-hybridized carbons (Fsp3) is 0.667. The Hall–Kier alpha value is -0.810. The summed E-state index contributed by atoms with van der Waals surface area (Å²) in [7, 11) is 0. The first kappa shape index (κ1) is 12.6. The highest BCUT2D eigenvalue weighted by atomic mass is 32.2. The number of nitrogen functional groups attached to an aromatic ring is 1. The van der Waals surface area contributed by atoms with Gasteiger partial charge in [0.2, 0.25) is 0 Å². The molecule has 0 unspecified atom stereocenters. The standard InChI is InChI=1S/C12H20N4S/c1-12(2)3-4-16(5-6-17-12)9-10-7-15-11(13)8-14-10/h7-8H,3-6,9H2,1-2H3,(H2,13,15). The largest absolute Gasteiger partial charge is 0.382 e. The second-order valence-electron chi connectivity index (χ2n) is 5.07. The number of hydrogen-bond donors (Lipinski definition) is 1. The van der Waals surface area contributed by atoms with E-state index in [4.69, 9.17) is 5.73 Å². The molecule has 17 heavy (non-hydrogen) atoms. The molecule has 4 nitrogen and oxygen atoms in total. The Morgan fingerprint density at radius 1 is 1.35 bits per heavy atom. The minimum absolute atomic E-state index is 0.404. The first-order chi connectivity index (χ1) is 8.05. The van der Waals surface area contributed by atoms with Gasteiger partial charge in [-0.15, -0.1) is 0 Å². The Morgan fingerprint density at radius 3 is 2.88 bits per heavy atom. The average Bonchev–Trinajstić information content (AvgIpc) is 2.44. The SMILES string of the molecule is CC1(C)CCN(Cc2cnc(N)cn2)CCS1. The lowest BCUT2D eigenvalue weighted by atomic mass is 10.1. The van der Waals surface area contributed by atoms with Gasteiger partial charge >= 0.3 is 0 Å². The van der Waals surface area contributed by atoms with Crippen LogP contribution in [0, 0.1) is 0 Å². The predicted molar refractivity (Wildman–Crippen MR) is 72.9 cm³/mol. The highest BCUT2D eigenvalue weighted by molar-refractivity contribution is 8.00. The molecule has 2 N–H and O–H groups in total. The lowest BCUT2D eigenvalue weighted by Gasteiger charge is -2.22. The van der Waals surface area contributed by atoms with Gasteiger partial charge < -0.3 is 5.73 Å². The zero-order valence-corrected chi connectivity index (χ0v) is 11.3. The fourth-order valence-corrected chi connectivity index (χ4v) is 3.03. The van der Waals surface area contributed by atoms with Crippen LogP contribution in [-0.4, -0.2) is 38.5 Å². The van der Waals surface area contributed by atoms with Gasteiger partial charge in [-0.25, -0.2) is 4.98 Å². The Balaban J connectivity index is 1.93. The number of nitrogens with zero attached hydrogens (tertiary/aromatic N) is 3. The molecule has 0 saturated carbocycles. The van der Waals surface area contributed by atoms with Crippen LogP contribution in [0.4, 0.5) is 5.82 Å². The van der Waals surface area contributed by atoms with E-state index in [1.54, 1.807) is 12.4 Å². The molecule has 94 valence electrons. The monoisotopic (exact) mass is 252 g/mol. The molecular weight excluding hydrogens is 232 g/mol. The van der Waals surface area contributed by atoms with Crippen molar-refractivity contribution in [2.24, 2.45) is 0 Å². The summed E-state index contributed by atoms with van der Waals surface area (Å²) in [5.74, 6) is 1.68. The molecule has 1 aromatic rings. The van der Waals surface area contributed by atoms with Crippen molar-refractivity contribution in [3.05, 3.63) is 18.1 Å². The van der Waals surface area contributed by atoms with E-state index in [1.165, 1.54) is 12.2 Å². The first-order valence-corrected chi connectivity index (χ1v) is 6.96. The Kier molecular flexibility index (Phi) is 3.89. The van der Waals surface area contributed by atoms with Gasteiger partial charge in [-0.2, -0.15) is 11.8 Å². The molecule has 0 atom stereocenters. The third kappa shape index (κ3) is 3.85. The number of nitrogens with two attached hydrogens (primary N) is 1. The molecule has 0 aromatic carbocycles. The third-order valence-electron chi connectivity index (χ3n) is 3.04. The van der Waals surface area contributed by atoms with Crippen LogP contribution in [0.25, 0.3) is 0 Å². The van der Waals surface area contributed by atoms with Gasteiger partial charge in [-0.3, -0.25) is 9.88 Å². The van der Waals surface area contributed by atoms with E-state index in [9.17, 15) is 0 Å². The number of aromatic nitrogens is 2. The van der Waals surface area contributed by atoms with Crippen molar-refractivity contribution in [1.29, 1.82) is 0 Å². The zero-order valence-electron chi connectivity index (χ0n) is 10.5. The topological polar surface area (TPSA) is 55.0 Å². The fourth-order valence-electron chi connectivity index (χ4n) is 1.90. The molecule has 0 bridgehead atoms. The average molecular weight is 252 g/mol. The number of thioether (sulfide) groups is 1. The minimum atomic E-state index is 0.404. The molecule has 2 heterocycles. The summed E-state index contributed by atoms with van der Waals surface area (Å²) in [6, 6.07) is 0. The number of rotatable bonds is 2. The maximum absolute atomic E-state index is 5.53. The van der Waals surface area contributed by atoms with E-state index < -0.39 is 0 Å². The van der Waals surface area contributed by atoms with Crippen LogP contribution in [0.5, 0.6) is 0 Å². The molecule has 1 aliphatic heterocycles. The lowest BCUT2D eigenvalue weighted by molar-refractivity contribution is 0.273. The summed E-state index contributed by atoms with van der Waals surface area (Å²) in [6.45, 7) is 7.78. The van der Waals surface area contributed by atoms with Gasteiger partial charge in [0, 0.05) is 23.6 Å². The quantitative estimate of drug-likeness (QED) is 0.869. The Labute approximate surface area is 107 Å². The van der Waals surface area contributed by atoms with Gasteiger partial charge in [0.25, 0.3) is 0 Å². The van der Waals surface area contributed by atoms with Gasteiger partial charge in [-0.1, -0.05) is 13.8 Å². The lowest BCUT2D eigenvalue weighted by Crippen LogP contribution is -2.27. The minimum Gasteiger partial charge on any atom is -0.382 e. The Morgan fingerprint density at radius 2 is 2.18 bits per heavy atom. The molecule has 0 amide bonds. The second-order valence-corrected chi connectivity index (χ2v) is 6.87. The van der Waals surface area contributed by atoms with E-state index in [0.717, 1.165) is 25.3 Å². The van der Waals surface area contributed by atoms with Crippen molar-refractivity contribution >= 4 is 17.6 Å². The smallest absolute Gasteiger partial charge is 0.141 e. The predicted octanol–water partition coefficient (Wildman–Crippen LogP) is 1.78. The van der Waals surface area contributed by atoms with E-state index >= 15 is 0 Å². The van der Waals surface area contributed by atoms with E-state index in [2.05, 4.69) is 40.5 Å². The normalized spacial score (nSPS) is 21.1. The zero-order chi connectivity index (χ0) is 12.3. The molecule has 1 aliphatic rings. The molecule has 1 aromatic heterocycles. The van der Waals surface area contributed by atoms with Crippen molar-refractivity contribution in [3.8, 4) is 0 Å². The van der Waals surface area contributed by atoms with Crippen molar-refractivity contribution in [2.75, 3.05) is 24.6 Å². The van der Waals surface area contributed by atoms with Crippen LogP contribution in [0.3, 0.4) is 0 Å². The van der Waals surface area contributed by atoms with Crippen LogP contribution in [0.15, 0.2) is 12.4 Å². The van der Waals surface area contributed by atoms with Crippen LogP contribution in [0.2, 0.25) is 0 Å². The summed E-state index contributed by atoms with van der Waals surface area (Å²) in [6.07, 6.45) is 4.63. The summed E-state index contributed by atoms with van der Waals surface area (Å²) in [4.78, 5) is 10.8. The molecule has 2 rings (SSSR count). The van der Waals surface area contributed by atoms with Gasteiger partial charge in [0.1, 0.15) is 5.82 Å². The molecule has 5 heteroatoms. The van der Waals surface area contributed by atoms with Gasteiger partial charge in [-0.05, 0) is 13.0 Å². The van der Waals surface area contributed by atoms with Crippen LogP contribution < -0.4 is 5.73 Å². The summed E-state index contributed by atoms with van der Waals surface area (Å²) in [5.41, 5.74) is 6.53. The number of hydrogen-bond acceptors (Lipinski definition) is 5. The second kappa shape index (κ2) is 5.23. The molecular formula is C12H20N4S. The van der Waals surface area contributed by atoms with E-state index in [-0.39, 0.29) is 0 Å². The van der Waals surface area contributed by atoms with Crippen LogP contribution in [0.1, 0.15) is 26.0 Å². The van der Waals surface area contributed by atoms with Gasteiger partial charge in [0.05, 0.1) is 18.1 Å². The first-order valence-electron chi connectivity index (χ1n) is 5.98. The van der Waals surface area contributed by atoms with E-state index in [1.807, 2.05) is 0 Å². The van der Waals surface area contributed by atoms with Crippen LogP contribution in [-0.2, 0) is 6.54 Å². The molecule has 0 aliphatic carbocycles. The van der Waals surface area contributed by atoms with Crippen molar-refractivity contribution in [3.63, 3.8) is 0 Å². The summed E-state index contributed by atoms with van der Waals surface area (Å²) >= 11 is 2.06. The van der Waals surface area contributed by atoms with Crippen molar-refractivity contribution in [2.45, 2.75) is 31.6 Å². The van der Waals surface area contributed by atoms with Gasteiger partial charge in [0.15, 0.2) is 0 Å². The third-order valence-corrected chi connectivity index (χ3v) is 4.41. The van der Waals surface area contributed by atoms with Crippen molar-refractivity contribution < 1.29 is 0 Å². The van der Waals surface area contributed by atoms with Crippen molar-refractivity contribution in [1.82, 2.24) is 14.9 Å². The molecule has 1 saturated heterocycles. The molecule has 0 radical (unpaired) electrons. The maximum Gasteiger partial charge on any atom is 0.141 e. The summed E-state index contributed by atoms with van der Waals surface area (Å²) < 4.78 is 0.404. The summed E-state index contributed by atoms with van der Waals surface area (Å²) in [5, 5.41) is 0. The maximum atomic E-state index is 5.53. The van der Waals surface area contributed by atoms with E-state index in [0.29, 0.717) is 10.6 Å². The Bertz CT molecular complexity index is 363. The van der Waals surface area contributed by atoms with Crippen LogP contribution >= 0.6 is 11.8 Å². The number of anilines is 1. The highest BCUT2D eigenvalue weighted by Crippen LogP contribution is 2.30. The highest BCUT2D eigenvalue weighted by Gasteiger charge is 2.23. The molecule has 0 spiro atoms.